The predicted molar refractivity (Wildman–Crippen MR) is 79.3 cm³/mol. The molecule has 1 aliphatic heterocycles. The van der Waals surface area contributed by atoms with Gasteiger partial charge in [-0.2, -0.15) is 0 Å². The highest BCUT2D eigenvalue weighted by Gasteiger charge is 2.24. The van der Waals surface area contributed by atoms with Crippen molar-refractivity contribution in [2.45, 2.75) is 38.7 Å². The zero-order valence-electron chi connectivity index (χ0n) is 13.4. The first-order valence-electron chi connectivity index (χ1n) is 7.65. The predicted octanol–water partition coefficient (Wildman–Crippen LogP) is 1.94. The topological polar surface area (TPSA) is 102 Å². The molecule has 1 fully saturated rings. The van der Waals surface area contributed by atoms with E-state index >= 15 is 0 Å². The Bertz CT molecular complexity index is 536. The third-order valence-electron chi connectivity index (χ3n) is 3.83. The molecular weight excluding hydrogens is 304 g/mol. The van der Waals surface area contributed by atoms with E-state index in [1.165, 1.54) is 12.0 Å². The summed E-state index contributed by atoms with van der Waals surface area (Å²) in [6.45, 7) is 2.85. The lowest BCUT2D eigenvalue weighted by atomic mass is 10.0. The van der Waals surface area contributed by atoms with Crippen LogP contribution in [0.15, 0.2) is 10.6 Å². The fraction of sp³-hybridized carbons (Fsp3) is 0.667. The normalized spacial score (nSPS) is 16.9. The van der Waals surface area contributed by atoms with E-state index in [9.17, 15) is 9.59 Å². The van der Waals surface area contributed by atoms with Crippen molar-refractivity contribution in [3.63, 3.8) is 0 Å². The van der Waals surface area contributed by atoms with Crippen molar-refractivity contribution in [1.29, 1.82) is 0 Å². The second kappa shape index (κ2) is 7.85. The minimum Gasteiger partial charge on any atom is -0.472 e. The van der Waals surface area contributed by atoms with Crippen LogP contribution in [0.4, 0.5) is 4.79 Å². The van der Waals surface area contributed by atoms with E-state index in [0.29, 0.717) is 50.4 Å². The number of amides is 1. The Balaban J connectivity index is 1.79. The molecule has 0 unspecified atom stereocenters. The van der Waals surface area contributed by atoms with Crippen LogP contribution in [-0.4, -0.2) is 53.5 Å². The number of carbonyl (C=O) groups excluding carboxylic acids is 1. The van der Waals surface area contributed by atoms with E-state index in [0.717, 1.165) is 0 Å². The molecule has 2 heterocycles. The summed E-state index contributed by atoms with van der Waals surface area (Å²) in [6, 6.07) is 1.72. The van der Waals surface area contributed by atoms with Crippen LogP contribution in [-0.2, 0) is 16.0 Å². The molecule has 1 saturated heterocycles. The number of rotatable bonds is 6. The molecule has 23 heavy (non-hydrogen) atoms. The Morgan fingerprint density at radius 2 is 2.17 bits per heavy atom. The molecule has 1 atom stereocenters. The number of hydrogen-bond acceptors (Lipinski definition) is 6. The molecule has 2 rings (SSSR count). The van der Waals surface area contributed by atoms with Gasteiger partial charge in [0, 0.05) is 44.8 Å². The molecule has 0 saturated carbocycles. The molecule has 8 heteroatoms. The number of ether oxygens (including phenoxy) is 2. The number of piperidine rings is 1. The van der Waals surface area contributed by atoms with Gasteiger partial charge in [0.15, 0.2) is 0 Å². The molecule has 0 spiro atoms. The number of methoxy groups -OCH3 is 1. The van der Waals surface area contributed by atoms with E-state index < -0.39 is 6.09 Å². The monoisotopic (exact) mass is 326 g/mol. The Hall–Kier alpha value is -2.25. The van der Waals surface area contributed by atoms with E-state index in [1.54, 1.807) is 6.07 Å². The van der Waals surface area contributed by atoms with Crippen molar-refractivity contribution in [2.75, 3.05) is 20.2 Å². The highest BCUT2D eigenvalue weighted by atomic mass is 16.5. The maximum absolute atomic E-state index is 11.2. The second-order valence-electron chi connectivity index (χ2n) is 5.81. The van der Waals surface area contributed by atoms with E-state index in [4.69, 9.17) is 14.4 Å². The molecule has 0 aromatic carbocycles. The van der Waals surface area contributed by atoms with Gasteiger partial charge in [0.1, 0.15) is 11.9 Å². The highest BCUT2D eigenvalue weighted by molar-refractivity contribution is 5.69. The first kappa shape index (κ1) is 17.1. The Labute approximate surface area is 134 Å². The standard InChI is InChI=1S/C15H22N2O6/c1-10(8-14(18)21-2)7-12-9-13(16-23-12)22-11-3-5-17(6-4-11)15(19)20/h9-11H,3-8H2,1-2H3,(H,19,20)/t10-/m0/s1. The molecule has 0 aliphatic carbocycles. The number of likely N-dealkylation sites (tertiary alicyclic amines) is 1. The van der Waals surface area contributed by atoms with Crippen molar-refractivity contribution in [2.24, 2.45) is 5.92 Å². The SMILES string of the molecule is COC(=O)C[C@@H](C)Cc1cc(OC2CCN(C(=O)O)CC2)no1. The molecule has 0 bridgehead atoms. The third-order valence-corrected chi connectivity index (χ3v) is 3.83. The molecule has 0 radical (unpaired) electrons. The van der Waals surface area contributed by atoms with Gasteiger partial charge in [0.05, 0.1) is 7.11 Å². The lowest BCUT2D eigenvalue weighted by Gasteiger charge is -2.29. The molecule has 8 nitrogen and oxygen atoms in total. The molecule has 1 N–H and O–H groups in total. The quantitative estimate of drug-likeness (QED) is 0.797. The summed E-state index contributed by atoms with van der Waals surface area (Å²) in [5.41, 5.74) is 0. The molecule has 1 amide bonds. The molecule has 1 aromatic rings. The Morgan fingerprint density at radius 1 is 1.48 bits per heavy atom. The molecular formula is C15H22N2O6. The number of hydrogen-bond donors (Lipinski definition) is 1. The van der Waals surface area contributed by atoms with Crippen molar-refractivity contribution < 1.29 is 28.7 Å². The number of esters is 1. The first-order chi connectivity index (χ1) is 11.0. The van der Waals surface area contributed by atoms with Crippen LogP contribution in [0.3, 0.4) is 0 Å². The van der Waals surface area contributed by atoms with Gasteiger partial charge in [0.2, 0.25) is 0 Å². The van der Waals surface area contributed by atoms with Crippen LogP contribution in [0, 0.1) is 5.92 Å². The summed E-state index contributed by atoms with van der Waals surface area (Å²) in [7, 11) is 1.37. The fourth-order valence-corrected chi connectivity index (χ4v) is 2.56. The average molecular weight is 326 g/mol. The van der Waals surface area contributed by atoms with Crippen LogP contribution in [0.5, 0.6) is 5.88 Å². The van der Waals surface area contributed by atoms with Crippen molar-refractivity contribution in [3.05, 3.63) is 11.8 Å². The van der Waals surface area contributed by atoms with E-state index in [1.807, 2.05) is 6.92 Å². The van der Waals surface area contributed by atoms with Crippen molar-refractivity contribution >= 4 is 12.1 Å². The minimum absolute atomic E-state index is 0.0592. The summed E-state index contributed by atoms with van der Waals surface area (Å²) in [5, 5.41) is 12.8. The van der Waals surface area contributed by atoms with Crippen molar-refractivity contribution in [3.8, 4) is 5.88 Å². The van der Waals surface area contributed by atoms with Crippen LogP contribution in [0.1, 0.15) is 31.9 Å². The Kier molecular flexibility index (Phi) is 5.84. The van der Waals surface area contributed by atoms with Gasteiger partial charge >= 0.3 is 12.1 Å². The van der Waals surface area contributed by atoms with Gasteiger partial charge in [-0.15, -0.1) is 0 Å². The third kappa shape index (κ3) is 5.15. The maximum atomic E-state index is 11.2. The zero-order chi connectivity index (χ0) is 16.8. The van der Waals surface area contributed by atoms with Crippen LogP contribution in [0.25, 0.3) is 0 Å². The lowest BCUT2D eigenvalue weighted by Crippen LogP contribution is -2.41. The summed E-state index contributed by atoms with van der Waals surface area (Å²) in [4.78, 5) is 23.4. The lowest BCUT2D eigenvalue weighted by molar-refractivity contribution is -0.141. The van der Waals surface area contributed by atoms with Crippen molar-refractivity contribution in [1.82, 2.24) is 10.1 Å². The maximum Gasteiger partial charge on any atom is 0.407 e. The Morgan fingerprint density at radius 3 is 2.78 bits per heavy atom. The summed E-state index contributed by atoms with van der Waals surface area (Å²) >= 11 is 0. The molecule has 1 aromatic heterocycles. The number of aromatic nitrogens is 1. The van der Waals surface area contributed by atoms with E-state index in [2.05, 4.69) is 9.89 Å². The number of carboxylic acid groups (broad SMARTS) is 1. The number of carbonyl (C=O) groups is 2. The van der Waals surface area contributed by atoms with Crippen LogP contribution < -0.4 is 4.74 Å². The smallest absolute Gasteiger partial charge is 0.407 e. The number of nitrogens with zero attached hydrogens (tertiary/aromatic N) is 2. The van der Waals surface area contributed by atoms with Gasteiger partial charge in [-0.25, -0.2) is 4.79 Å². The zero-order valence-corrected chi connectivity index (χ0v) is 13.4. The van der Waals surface area contributed by atoms with Gasteiger partial charge in [-0.05, 0) is 11.1 Å². The average Bonchev–Trinajstić information content (AvgIpc) is 2.94. The van der Waals surface area contributed by atoms with Gasteiger partial charge in [-0.3, -0.25) is 4.79 Å². The summed E-state index contributed by atoms with van der Waals surface area (Å²) in [6.07, 6.45) is 1.20. The van der Waals surface area contributed by atoms with E-state index in [-0.39, 0.29) is 18.0 Å². The summed E-state index contributed by atoms with van der Waals surface area (Å²) < 4.78 is 15.6. The molecule has 128 valence electrons. The summed E-state index contributed by atoms with van der Waals surface area (Å²) in [5.74, 6) is 0.888. The minimum atomic E-state index is -0.897. The van der Waals surface area contributed by atoms with Crippen LogP contribution >= 0.6 is 0 Å². The van der Waals surface area contributed by atoms with Gasteiger partial charge in [0.25, 0.3) is 5.88 Å². The highest BCUT2D eigenvalue weighted by Crippen LogP contribution is 2.21. The van der Waals surface area contributed by atoms with Gasteiger partial charge < -0.3 is 24.0 Å². The van der Waals surface area contributed by atoms with Gasteiger partial charge in [-0.1, -0.05) is 6.92 Å². The first-order valence-corrected chi connectivity index (χ1v) is 7.65. The molecule has 1 aliphatic rings. The van der Waals surface area contributed by atoms with Crippen LogP contribution in [0.2, 0.25) is 0 Å². The largest absolute Gasteiger partial charge is 0.472 e. The fourth-order valence-electron chi connectivity index (χ4n) is 2.56. The second-order valence-corrected chi connectivity index (χ2v) is 5.81.